The third-order valence-electron chi connectivity index (χ3n) is 3.83. The van der Waals surface area contributed by atoms with Gasteiger partial charge in [-0.2, -0.15) is 0 Å². The molecule has 0 radical (unpaired) electrons. The summed E-state index contributed by atoms with van der Waals surface area (Å²) in [5.74, 6) is 0. The monoisotopic (exact) mass is 272 g/mol. The zero-order valence-electron chi connectivity index (χ0n) is 11.2. The average molecular weight is 273 g/mol. The number of halogens is 1. The van der Waals surface area contributed by atoms with Gasteiger partial charge in [-0.05, 0) is 35.1 Å². The second kappa shape index (κ2) is 4.53. The predicted octanol–water partition coefficient (Wildman–Crippen LogP) is 4.47. The van der Waals surface area contributed by atoms with Gasteiger partial charge in [-0.25, -0.2) is 4.98 Å². The predicted molar refractivity (Wildman–Crippen MR) is 79.5 cm³/mol. The zero-order chi connectivity index (χ0) is 13.5. The van der Waals surface area contributed by atoms with E-state index in [9.17, 15) is 0 Å². The summed E-state index contributed by atoms with van der Waals surface area (Å²) in [6.07, 6.45) is 2.89. The van der Waals surface area contributed by atoms with Crippen molar-refractivity contribution in [3.05, 3.63) is 58.9 Å². The summed E-state index contributed by atoms with van der Waals surface area (Å²) in [6, 6.07) is 12.8. The van der Waals surface area contributed by atoms with Gasteiger partial charge in [-0.1, -0.05) is 49.7 Å². The number of rotatable bonds is 2. The molecule has 1 aromatic heterocycles. The first kappa shape index (κ1) is 12.5. The van der Waals surface area contributed by atoms with Gasteiger partial charge in [0.25, 0.3) is 0 Å². The van der Waals surface area contributed by atoms with E-state index >= 15 is 0 Å². The van der Waals surface area contributed by atoms with E-state index in [-0.39, 0.29) is 5.41 Å². The number of hydrogen-bond acceptors (Lipinski definition) is 2. The van der Waals surface area contributed by atoms with Crippen molar-refractivity contribution in [2.75, 3.05) is 5.32 Å². The number of fused-ring (bicyclic) bond motifs is 1. The van der Waals surface area contributed by atoms with E-state index in [4.69, 9.17) is 11.6 Å². The zero-order valence-corrected chi connectivity index (χ0v) is 11.9. The van der Waals surface area contributed by atoms with E-state index in [0.717, 1.165) is 12.1 Å². The molecule has 1 aliphatic rings. The molecule has 1 aliphatic carbocycles. The van der Waals surface area contributed by atoms with E-state index in [0.29, 0.717) is 11.2 Å². The highest BCUT2D eigenvalue weighted by molar-refractivity contribution is 6.29. The molecule has 0 bridgehead atoms. The summed E-state index contributed by atoms with van der Waals surface area (Å²) in [7, 11) is 0. The van der Waals surface area contributed by atoms with Gasteiger partial charge in [0.15, 0.2) is 0 Å². The Kier molecular flexibility index (Phi) is 2.98. The Bertz CT molecular complexity index is 590. The molecule has 2 nitrogen and oxygen atoms in total. The van der Waals surface area contributed by atoms with Crippen molar-refractivity contribution in [1.29, 1.82) is 0 Å². The number of pyridine rings is 1. The summed E-state index contributed by atoms with van der Waals surface area (Å²) < 4.78 is 0. The van der Waals surface area contributed by atoms with Crippen LogP contribution in [0.2, 0.25) is 5.15 Å². The second-order valence-corrected chi connectivity index (χ2v) is 6.20. The van der Waals surface area contributed by atoms with Gasteiger partial charge in [0.05, 0.1) is 17.9 Å². The number of hydrogen-bond donors (Lipinski definition) is 1. The van der Waals surface area contributed by atoms with Crippen molar-refractivity contribution in [2.45, 2.75) is 26.3 Å². The van der Waals surface area contributed by atoms with Gasteiger partial charge in [0.2, 0.25) is 0 Å². The highest BCUT2D eigenvalue weighted by Gasteiger charge is 2.38. The normalized spacial score (nSPS) is 20.1. The van der Waals surface area contributed by atoms with Crippen LogP contribution in [0.5, 0.6) is 0 Å². The Balaban J connectivity index is 1.93. The third-order valence-corrected chi connectivity index (χ3v) is 4.06. The van der Waals surface area contributed by atoms with Crippen LogP contribution in [0, 0.1) is 5.41 Å². The van der Waals surface area contributed by atoms with Gasteiger partial charge in [-0.3, -0.25) is 0 Å². The molecule has 1 atom stereocenters. The SMILES string of the molecule is CC1(C)Cc2ccccc2C1Nc1ccc(Cl)nc1. The smallest absolute Gasteiger partial charge is 0.129 e. The summed E-state index contributed by atoms with van der Waals surface area (Å²) in [5, 5.41) is 4.12. The first-order valence-electron chi connectivity index (χ1n) is 6.52. The van der Waals surface area contributed by atoms with E-state index < -0.39 is 0 Å². The fraction of sp³-hybridized carbons (Fsp3) is 0.312. The molecule has 0 spiro atoms. The molecule has 1 unspecified atom stereocenters. The molecule has 2 aromatic rings. The summed E-state index contributed by atoms with van der Waals surface area (Å²) in [6.45, 7) is 4.60. The fourth-order valence-corrected chi connectivity index (χ4v) is 3.00. The largest absolute Gasteiger partial charge is 0.376 e. The Morgan fingerprint density at radius 1 is 1.21 bits per heavy atom. The van der Waals surface area contributed by atoms with Crippen LogP contribution < -0.4 is 5.32 Å². The highest BCUT2D eigenvalue weighted by atomic mass is 35.5. The lowest BCUT2D eigenvalue weighted by Crippen LogP contribution is -2.24. The van der Waals surface area contributed by atoms with Crippen LogP contribution in [0.25, 0.3) is 0 Å². The Morgan fingerprint density at radius 2 is 2.00 bits per heavy atom. The Morgan fingerprint density at radius 3 is 2.74 bits per heavy atom. The van der Waals surface area contributed by atoms with Crippen LogP contribution in [0.1, 0.15) is 31.0 Å². The number of anilines is 1. The molecule has 0 amide bonds. The van der Waals surface area contributed by atoms with Crippen LogP contribution in [0.15, 0.2) is 42.6 Å². The summed E-state index contributed by atoms with van der Waals surface area (Å²) >= 11 is 5.83. The molecule has 1 heterocycles. The fourth-order valence-electron chi connectivity index (χ4n) is 2.89. The van der Waals surface area contributed by atoms with E-state index in [1.165, 1.54) is 11.1 Å². The molecule has 1 aromatic carbocycles. The Hall–Kier alpha value is -1.54. The van der Waals surface area contributed by atoms with E-state index in [1.807, 2.05) is 12.1 Å². The molecule has 98 valence electrons. The van der Waals surface area contributed by atoms with Gasteiger partial charge < -0.3 is 5.32 Å². The number of benzene rings is 1. The third kappa shape index (κ3) is 2.33. The van der Waals surface area contributed by atoms with E-state index in [2.05, 4.69) is 48.4 Å². The molecular weight excluding hydrogens is 256 g/mol. The first-order valence-corrected chi connectivity index (χ1v) is 6.90. The first-order chi connectivity index (χ1) is 9.06. The van der Waals surface area contributed by atoms with Crippen molar-refractivity contribution in [1.82, 2.24) is 4.98 Å². The molecule has 0 saturated carbocycles. The van der Waals surface area contributed by atoms with Gasteiger partial charge in [0.1, 0.15) is 5.15 Å². The number of aromatic nitrogens is 1. The molecule has 3 heteroatoms. The van der Waals surface area contributed by atoms with Crippen molar-refractivity contribution in [3.63, 3.8) is 0 Å². The van der Waals surface area contributed by atoms with E-state index in [1.54, 1.807) is 6.20 Å². The molecule has 0 saturated heterocycles. The van der Waals surface area contributed by atoms with Crippen molar-refractivity contribution >= 4 is 17.3 Å². The quantitative estimate of drug-likeness (QED) is 0.816. The maximum atomic E-state index is 5.83. The molecule has 0 fully saturated rings. The number of nitrogens with one attached hydrogen (secondary N) is 1. The minimum atomic E-state index is 0.198. The van der Waals surface area contributed by atoms with Crippen molar-refractivity contribution in [3.8, 4) is 0 Å². The second-order valence-electron chi connectivity index (χ2n) is 5.81. The molecule has 1 N–H and O–H groups in total. The molecule has 0 aliphatic heterocycles. The maximum absolute atomic E-state index is 5.83. The lowest BCUT2D eigenvalue weighted by Gasteiger charge is -2.29. The van der Waals surface area contributed by atoms with Crippen LogP contribution in [-0.4, -0.2) is 4.98 Å². The average Bonchev–Trinajstić information content (AvgIpc) is 2.63. The minimum absolute atomic E-state index is 0.198. The summed E-state index contributed by atoms with van der Waals surface area (Å²) in [5.41, 5.74) is 4.04. The molecular formula is C16H17ClN2. The topological polar surface area (TPSA) is 24.9 Å². The standard InChI is InChI=1S/C16H17ClN2/c1-16(2)9-11-5-3-4-6-13(11)15(16)19-12-7-8-14(17)18-10-12/h3-8,10,15,19H,9H2,1-2H3. The van der Waals surface area contributed by atoms with Crippen LogP contribution in [0.3, 0.4) is 0 Å². The molecule has 3 rings (SSSR count). The lowest BCUT2D eigenvalue weighted by molar-refractivity contribution is 0.337. The highest BCUT2D eigenvalue weighted by Crippen LogP contribution is 2.46. The van der Waals surface area contributed by atoms with Gasteiger partial charge in [0, 0.05) is 0 Å². The minimum Gasteiger partial charge on any atom is -0.376 e. The van der Waals surface area contributed by atoms with Crippen LogP contribution in [-0.2, 0) is 6.42 Å². The van der Waals surface area contributed by atoms with Crippen molar-refractivity contribution in [2.24, 2.45) is 5.41 Å². The maximum Gasteiger partial charge on any atom is 0.129 e. The Labute approximate surface area is 118 Å². The molecule has 19 heavy (non-hydrogen) atoms. The van der Waals surface area contributed by atoms with Crippen LogP contribution in [0.4, 0.5) is 5.69 Å². The lowest BCUT2D eigenvalue weighted by atomic mass is 9.85. The van der Waals surface area contributed by atoms with Crippen LogP contribution >= 0.6 is 11.6 Å². The van der Waals surface area contributed by atoms with Gasteiger partial charge in [-0.15, -0.1) is 0 Å². The van der Waals surface area contributed by atoms with Crippen molar-refractivity contribution < 1.29 is 0 Å². The summed E-state index contributed by atoms with van der Waals surface area (Å²) in [4.78, 5) is 4.13. The van der Waals surface area contributed by atoms with Gasteiger partial charge >= 0.3 is 0 Å². The number of nitrogens with zero attached hydrogens (tertiary/aromatic N) is 1.